The molecular weight excluding hydrogens is 286 g/mol. The lowest BCUT2D eigenvalue weighted by molar-refractivity contribution is 0.0967. The van der Waals surface area contributed by atoms with Gasteiger partial charge in [-0.3, -0.25) is 14.5 Å². The molecule has 2 aromatic rings. The molecule has 0 aliphatic rings. The number of hydrogen-bond donors (Lipinski definition) is 2. The fourth-order valence-corrected chi connectivity index (χ4v) is 3.60. The first kappa shape index (κ1) is 13.5. The molecule has 0 saturated carbocycles. The van der Waals surface area contributed by atoms with Crippen LogP contribution in [-0.2, 0) is 10.0 Å². The third kappa shape index (κ3) is 3.09. The van der Waals surface area contributed by atoms with E-state index in [1.165, 1.54) is 24.7 Å². The summed E-state index contributed by atoms with van der Waals surface area (Å²) in [5.74, 6) is -0.312. The van der Waals surface area contributed by atoms with Crippen LogP contribution >= 0.6 is 11.3 Å². The lowest BCUT2D eigenvalue weighted by atomic mass is 10.4. The molecular formula is C11H11N3O3S2. The molecule has 2 aromatic heterocycles. The fourth-order valence-electron chi connectivity index (χ4n) is 1.34. The van der Waals surface area contributed by atoms with Crippen molar-refractivity contribution in [1.29, 1.82) is 0 Å². The van der Waals surface area contributed by atoms with Crippen LogP contribution in [0.25, 0.3) is 0 Å². The zero-order chi connectivity index (χ0) is 13.9. The zero-order valence-electron chi connectivity index (χ0n) is 9.95. The number of rotatable bonds is 4. The van der Waals surface area contributed by atoms with Gasteiger partial charge in [0.25, 0.3) is 15.9 Å². The molecule has 0 aliphatic heterocycles. The lowest BCUT2D eigenvalue weighted by Gasteiger charge is -2.05. The van der Waals surface area contributed by atoms with Crippen LogP contribution in [0.4, 0.5) is 5.69 Å². The molecule has 0 aliphatic carbocycles. The number of sulfonamides is 1. The number of carbonyl (C=O) groups is 1. The zero-order valence-corrected chi connectivity index (χ0v) is 11.6. The second-order valence-corrected chi connectivity index (χ2v) is 6.17. The summed E-state index contributed by atoms with van der Waals surface area (Å²) in [4.78, 5) is 15.6. The van der Waals surface area contributed by atoms with Gasteiger partial charge in [-0.25, -0.2) is 8.42 Å². The summed E-state index contributed by atoms with van der Waals surface area (Å²) < 4.78 is 26.5. The summed E-state index contributed by atoms with van der Waals surface area (Å²) in [6.07, 6.45) is 2.95. The third-order valence-corrected chi connectivity index (χ3v) is 4.69. The van der Waals surface area contributed by atoms with Crippen molar-refractivity contribution in [3.05, 3.63) is 40.8 Å². The van der Waals surface area contributed by atoms with Crippen molar-refractivity contribution in [3.63, 3.8) is 0 Å². The van der Waals surface area contributed by atoms with E-state index in [0.29, 0.717) is 10.6 Å². The number of nitrogens with zero attached hydrogens (tertiary/aromatic N) is 1. The molecule has 2 rings (SSSR count). The van der Waals surface area contributed by atoms with E-state index in [4.69, 9.17) is 0 Å². The summed E-state index contributed by atoms with van der Waals surface area (Å²) in [7, 11) is -2.20. The van der Waals surface area contributed by atoms with E-state index in [1.54, 1.807) is 18.3 Å². The van der Waals surface area contributed by atoms with Gasteiger partial charge in [0, 0.05) is 18.6 Å². The van der Waals surface area contributed by atoms with E-state index < -0.39 is 10.0 Å². The van der Waals surface area contributed by atoms with Gasteiger partial charge < -0.3 is 5.32 Å². The Kier molecular flexibility index (Phi) is 3.82. The molecule has 0 fully saturated rings. The molecule has 6 nitrogen and oxygen atoms in total. The van der Waals surface area contributed by atoms with Gasteiger partial charge in [-0.15, -0.1) is 11.3 Å². The first-order valence-corrected chi connectivity index (χ1v) is 7.62. The highest BCUT2D eigenvalue weighted by Gasteiger charge is 2.18. The summed E-state index contributed by atoms with van der Waals surface area (Å²) in [6.45, 7) is 0. The molecule has 0 atom stereocenters. The van der Waals surface area contributed by atoms with Crippen molar-refractivity contribution in [2.75, 3.05) is 11.8 Å². The lowest BCUT2D eigenvalue weighted by Crippen LogP contribution is -2.16. The highest BCUT2D eigenvalue weighted by molar-refractivity contribution is 7.92. The average Bonchev–Trinajstić information content (AvgIpc) is 2.89. The Balaban J connectivity index is 2.25. The standard InChI is InChI=1S/C11H11N3O3S2/c1-12-11(15)10-5-9(7-18-10)19(16,17)14-8-3-2-4-13-6-8/h2-7,14H,1H3,(H,12,15). The summed E-state index contributed by atoms with van der Waals surface area (Å²) >= 11 is 1.07. The maximum absolute atomic E-state index is 12.1. The summed E-state index contributed by atoms with van der Waals surface area (Å²) in [5.41, 5.74) is 0.371. The minimum atomic E-state index is -3.69. The quantitative estimate of drug-likeness (QED) is 0.890. The van der Waals surface area contributed by atoms with Gasteiger partial charge in [-0.1, -0.05) is 0 Å². The highest BCUT2D eigenvalue weighted by Crippen LogP contribution is 2.21. The van der Waals surface area contributed by atoms with Crippen LogP contribution in [0.3, 0.4) is 0 Å². The first-order chi connectivity index (χ1) is 9.03. The molecule has 1 amide bonds. The number of aromatic nitrogens is 1. The Morgan fingerprint density at radius 3 is 2.84 bits per heavy atom. The van der Waals surface area contributed by atoms with Gasteiger partial charge in [0.2, 0.25) is 0 Å². The Bertz CT molecular complexity index is 680. The highest BCUT2D eigenvalue weighted by atomic mass is 32.2. The summed E-state index contributed by atoms with van der Waals surface area (Å²) in [6, 6.07) is 4.56. The number of pyridine rings is 1. The molecule has 100 valence electrons. The maximum atomic E-state index is 12.1. The molecule has 2 heterocycles. The molecule has 0 unspecified atom stereocenters. The van der Waals surface area contributed by atoms with Crippen molar-refractivity contribution in [2.24, 2.45) is 0 Å². The Hall–Kier alpha value is -1.93. The van der Waals surface area contributed by atoms with E-state index in [2.05, 4.69) is 15.0 Å². The fraction of sp³-hybridized carbons (Fsp3) is 0.0909. The largest absolute Gasteiger partial charge is 0.354 e. The van der Waals surface area contributed by atoms with E-state index in [9.17, 15) is 13.2 Å². The number of carbonyl (C=O) groups excluding carboxylic acids is 1. The van der Waals surface area contributed by atoms with Crippen molar-refractivity contribution in [2.45, 2.75) is 4.90 Å². The van der Waals surface area contributed by atoms with E-state index in [0.717, 1.165) is 11.3 Å². The van der Waals surface area contributed by atoms with E-state index >= 15 is 0 Å². The van der Waals surface area contributed by atoms with Crippen LogP contribution in [0.5, 0.6) is 0 Å². The van der Waals surface area contributed by atoms with Crippen LogP contribution in [0.15, 0.2) is 40.9 Å². The maximum Gasteiger partial charge on any atom is 0.262 e. The van der Waals surface area contributed by atoms with Crippen LogP contribution in [0, 0.1) is 0 Å². The Morgan fingerprint density at radius 2 is 2.21 bits per heavy atom. The van der Waals surface area contributed by atoms with Gasteiger partial charge in [0.1, 0.15) is 0 Å². The average molecular weight is 297 g/mol. The minimum absolute atomic E-state index is 0.0555. The van der Waals surface area contributed by atoms with Crippen LogP contribution < -0.4 is 10.0 Å². The van der Waals surface area contributed by atoms with Gasteiger partial charge in [0.15, 0.2) is 0 Å². The molecule has 8 heteroatoms. The number of amides is 1. The molecule has 19 heavy (non-hydrogen) atoms. The van der Waals surface area contributed by atoms with E-state index in [-0.39, 0.29) is 10.8 Å². The van der Waals surface area contributed by atoms with Crippen LogP contribution in [0.2, 0.25) is 0 Å². The molecule has 0 radical (unpaired) electrons. The van der Waals surface area contributed by atoms with Crippen molar-refractivity contribution >= 4 is 33.0 Å². The Labute approximate surface area is 114 Å². The SMILES string of the molecule is CNC(=O)c1cc(S(=O)(=O)Nc2cccnc2)cs1. The first-order valence-electron chi connectivity index (χ1n) is 5.26. The van der Waals surface area contributed by atoms with Crippen molar-refractivity contribution in [1.82, 2.24) is 10.3 Å². The monoisotopic (exact) mass is 297 g/mol. The normalized spacial score (nSPS) is 11.0. The predicted octanol–water partition coefficient (Wildman–Crippen LogP) is 1.30. The van der Waals surface area contributed by atoms with Gasteiger partial charge >= 0.3 is 0 Å². The van der Waals surface area contributed by atoms with E-state index in [1.807, 2.05) is 0 Å². The molecule has 0 aromatic carbocycles. The van der Waals surface area contributed by atoms with Crippen molar-refractivity contribution in [3.8, 4) is 0 Å². The van der Waals surface area contributed by atoms with Crippen molar-refractivity contribution < 1.29 is 13.2 Å². The second-order valence-electron chi connectivity index (χ2n) is 3.57. The smallest absolute Gasteiger partial charge is 0.262 e. The molecule has 0 bridgehead atoms. The number of hydrogen-bond acceptors (Lipinski definition) is 5. The molecule has 0 saturated heterocycles. The van der Waals surface area contributed by atoms with Crippen LogP contribution in [0.1, 0.15) is 9.67 Å². The minimum Gasteiger partial charge on any atom is -0.354 e. The van der Waals surface area contributed by atoms with Crippen LogP contribution in [-0.4, -0.2) is 26.4 Å². The predicted molar refractivity (Wildman–Crippen MR) is 72.8 cm³/mol. The number of anilines is 1. The van der Waals surface area contributed by atoms with Gasteiger partial charge in [-0.05, 0) is 18.2 Å². The Morgan fingerprint density at radius 1 is 1.42 bits per heavy atom. The van der Waals surface area contributed by atoms with Gasteiger partial charge in [0.05, 0.1) is 21.7 Å². The molecule has 2 N–H and O–H groups in total. The topological polar surface area (TPSA) is 88.2 Å². The second kappa shape index (κ2) is 5.37. The number of nitrogens with one attached hydrogen (secondary N) is 2. The number of thiophene rings is 1. The van der Waals surface area contributed by atoms with Gasteiger partial charge in [-0.2, -0.15) is 0 Å². The molecule has 0 spiro atoms. The summed E-state index contributed by atoms with van der Waals surface area (Å²) in [5, 5.41) is 3.86. The third-order valence-electron chi connectivity index (χ3n) is 2.25.